The van der Waals surface area contributed by atoms with Crippen LogP contribution in [0.1, 0.15) is 44.7 Å². The molecule has 2 fully saturated rings. The van der Waals surface area contributed by atoms with Crippen molar-refractivity contribution in [1.29, 1.82) is 0 Å². The van der Waals surface area contributed by atoms with Crippen molar-refractivity contribution in [3.8, 4) is 23.0 Å². The van der Waals surface area contributed by atoms with Crippen LogP contribution in [-0.2, 0) is 45.2 Å². The predicted octanol–water partition coefficient (Wildman–Crippen LogP) is 7.57. The molecule has 0 atom stereocenters. The topological polar surface area (TPSA) is 171 Å². The minimum atomic E-state index is -0.576. The molecule has 390 valence electrons. The Morgan fingerprint density at radius 2 is 1.20 bits per heavy atom. The van der Waals surface area contributed by atoms with Crippen molar-refractivity contribution in [2.24, 2.45) is 0 Å². The lowest BCUT2D eigenvalue weighted by molar-refractivity contribution is -0.108. The van der Waals surface area contributed by atoms with Crippen LogP contribution in [0.15, 0.2) is 124 Å². The van der Waals surface area contributed by atoms with E-state index in [1.165, 1.54) is 16.2 Å². The van der Waals surface area contributed by atoms with Gasteiger partial charge in [-0.05, 0) is 130 Å². The van der Waals surface area contributed by atoms with E-state index in [9.17, 15) is 24.0 Å². The number of pyridine rings is 3. The van der Waals surface area contributed by atoms with Crippen LogP contribution in [0.4, 0.5) is 4.79 Å². The molecular weight excluding hydrogens is 947 g/mol. The second-order valence-electron chi connectivity index (χ2n) is 19.3. The molecule has 0 bridgehead atoms. The zero-order valence-electron chi connectivity index (χ0n) is 43.0. The maximum Gasteiger partial charge on any atom is 0.410 e. The van der Waals surface area contributed by atoms with Gasteiger partial charge in [-0.3, -0.25) is 14.4 Å². The number of hydrogen-bond acceptors (Lipinski definition) is 13. The molecule has 3 aliphatic rings. The average molecular weight is 1010 g/mol. The Kier molecular flexibility index (Phi) is 17.2. The third kappa shape index (κ3) is 13.2. The van der Waals surface area contributed by atoms with E-state index in [1.807, 2.05) is 84.8 Å². The number of nitrogens with zero attached hydrogens (tertiary/aromatic N) is 5. The molecule has 0 unspecified atom stereocenters. The molecule has 3 aromatic heterocycles. The predicted molar refractivity (Wildman–Crippen MR) is 283 cm³/mol. The van der Waals surface area contributed by atoms with E-state index in [1.54, 1.807) is 55.2 Å². The molecule has 17 nitrogen and oxygen atoms in total. The van der Waals surface area contributed by atoms with Crippen molar-refractivity contribution in [1.82, 2.24) is 23.5 Å². The molecule has 0 N–H and O–H groups in total. The van der Waals surface area contributed by atoms with Crippen LogP contribution >= 0.6 is 0 Å². The van der Waals surface area contributed by atoms with Crippen molar-refractivity contribution in [3.05, 3.63) is 151 Å². The summed E-state index contributed by atoms with van der Waals surface area (Å²) in [7, 11) is 3.21. The van der Waals surface area contributed by atoms with Gasteiger partial charge < -0.3 is 61.5 Å². The SMILES string of the molecule is COc1ccc2c(ccc(=O)n2CC2OCCO2)c1.COc1ccc2c(ccc(=O)n2CC=O)c1.Cc1ccc2c(ccc(=O)n2CCN2CCC(N(Cc3ccc4c(c3)OCCO4)C(=O)OC(C)(C)C)CC2)c1. The standard InChI is InChI=1S/C31H39N3O5.C14H15NO4.C12H11NO3/c1-22-5-8-26-24(19-22)7-10-29(35)33(26)16-15-32-13-11-25(12-14-32)34(30(36)39-31(2,3)4)21-23-6-9-27-28(20-23)38-18-17-37-27;1-17-11-3-4-12-10(8-11)2-5-13(16)15(12)9-14-18-6-7-19-14;1-16-10-3-4-11-9(8-10)2-5-12(15)13(11)6-7-14/h5-10,19-20,25H,11-18,21H2,1-4H3;2-5,8,14H,6-7,9H2,1H3;2-5,7-8H,6H2,1H3. The lowest BCUT2D eigenvalue weighted by Gasteiger charge is -2.39. The zero-order valence-corrected chi connectivity index (χ0v) is 43.0. The molecule has 10 rings (SSSR count). The Hall–Kier alpha value is -7.47. The quantitative estimate of drug-likeness (QED) is 0.110. The summed E-state index contributed by atoms with van der Waals surface area (Å²) in [4.78, 5) is 64.3. The minimum Gasteiger partial charge on any atom is -0.497 e. The molecule has 3 aliphatic heterocycles. The lowest BCUT2D eigenvalue weighted by atomic mass is 10.0. The number of amides is 1. The number of aryl methyl sites for hydroxylation is 1. The van der Waals surface area contributed by atoms with E-state index in [0.717, 1.165) is 93.7 Å². The number of aromatic nitrogens is 3. The van der Waals surface area contributed by atoms with Crippen LogP contribution in [0.3, 0.4) is 0 Å². The van der Waals surface area contributed by atoms with Gasteiger partial charge in [0.25, 0.3) is 16.7 Å². The van der Waals surface area contributed by atoms with E-state index in [4.69, 9.17) is 33.2 Å². The van der Waals surface area contributed by atoms with Crippen LogP contribution in [0.2, 0.25) is 0 Å². The summed E-state index contributed by atoms with van der Waals surface area (Å²) in [5, 5.41) is 2.91. The van der Waals surface area contributed by atoms with Crippen LogP contribution in [-0.4, -0.2) is 114 Å². The first-order valence-electron chi connectivity index (χ1n) is 24.9. The molecule has 6 heterocycles. The molecule has 4 aromatic carbocycles. The maximum absolute atomic E-state index is 13.3. The van der Waals surface area contributed by atoms with Crippen molar-refractivity contribution in [2.45, 2.75) is 84.6 Å². The summed E-state index contributed by atoms with van der Waals surface area (Å²) in [6.45, 7) is 14.0. The Labute approximate surface area is 429 Å². The summed E-state index contributed by atoms with van der Waals surface area (Å²) < 4.78 is 43.3. The van der Waals surface area contributed by atoms with Gasteiger partial charge >= 0.3 is 6.09 Å². The van der Waals surface area contributed by atoms with Crippen molar-refractivity contribution >= 4 is 45.1 Å². The molecule has 0 aliphatic carbocycles. The fourth-order valence-corrected chi connectivity index (χ4v) is 9.33. The van der Waals surface area contributed by atoms with E-state index in [0.29, 0.717) is 52.3 Å². The minimum absolute atomic E-state index is 0.0248. The molecule has 2 saturated heterocycles. The molecule has 7 aromatic rings. The van der Waals surface area contributed by atoms with E-state index in [-0.39, 0.29) is 41.6 Å². The highest BCUT2D eigenvalue weighted by atomic mass is 16.7. The number of ether oxygens (including phenoxy) is 7. The van der Waals surface area contributed by atoms with E-state index in [2.05, 4.69) is 24.0 Å². The fourth-order valence-electron chi connectivity index (χ4n) is 9.33. The first-order chi connectivity index (χ1) is 35.7. The number of carbonyl (C=O) groups excluding carboxylic acids is 2. The third-order valence-electron chi connectivity index (χ3n) is 13.0. The number of hydrogen-bond donors (Lipinski definition) is 0. The Morgan fingerprint density at radius 3 is 1.81 bits per heavy atom. The number of piperidine rings is 1. The number of rotatable bonds is 12. The Morgan fingerprint density at radius 1 is 0.649 bits per heavy atom. The van der Waals surface area contributed by atoms with Gasteiger partial charge in [0, 0.05) is 67.7 Å². The first kappa shape index (κ1) is 52.8. The first-order valence-corrected chi connectivity index (χ1v) is 24.9. The van der Waals surface area contributed by atoms with Gasteiger partial charge in [-0.25, -0.2) is 4.79 Å². The second-order valence-corrected chi connectivity index (χ2v) is 19.3. The normalized spacial score (nSPS) is 14.9. The highest BCUT2D eigenvalue weighted by molar-refractivity contribution is 5.82. The Balaban J connectivity index is 0.000000171. The van der Waals surface area contributed by atoms with Gasteiger partial charge in [0.15, 0.2) is 17.8 Å². The third-order valence-corrected chi connectivity index (χ3v) is 13.0. The van der Waals surface area contributed by atoms with Crippen molar-refractivity contribution in [3.63, 3.8) is 0 Å². The number of benzene rings is 4. The fraction of sp³-hybridized carbons (Fsp3) is 0.386. The summed E-state index contributed by atoms with van der Waals surface area (Å²) in [6, 6.07) is 33.2. The number of fused-ring (bicyclic) bond motifs is 4. The van der Waals surface area contributed by atoms with Gasteiger partial charge in [0.05, 0.1) is 57.1 Å². The largest absolute Gasteiger partial charge is 0.497 e. The smallest absolute Gasteiger partial charge is 0.410 e. The second kappa shape index (κ2) is 24.0. The molecule has 0 radical (unpaired) electrons. The summed E-state index contributed by atoms with van der Waals surface area (Å²) in [5.41, 5.74) is 3.94. The highest BCUT2D eigenvalue weighted by Crippen LogP contribution is 2.32. The average Bonchev–Trinajstić information content (AvgIpc) is 3.92. The summed E-state index contributed by atoms with van der Waals surface area (Å²) >= 11 is 0. The molecule has 0 spiro atoms. The number of aldehydes is 1. The summed E-state index contributed by atoms with van der Waals surface area (Å²) in [6.07, 6.45) is 1.75. The van der Waals surface area contributed by atoms with E-state index >= 15 is 0 Å². The van der Waals surface area contributed by atoms with E-state index < -0.39 is 5.60 Å². The van der Waals surface area contributed by atoms with Gasteiger partial charge in [0.1, 0.15) is 36.6 Å². The van der Waals surface area contributed by atoms with Gasteiger partial charge in [-0.1, -0.05) is 17.7 Å². The molecule has 0 saturated carbocycles. The van der Waals surface area contributed by atoms with Crippen molar-refractivity contribution < 1.29 is 42.7 Å². The monoisotopic (exact) mass is 1010 g/mol. The lowest BCUT2D eigenvalue weighted by Crippen LogP contribution is -2.49. The number of likely N-dealkylation sites (tertiary alicyclic amines) is 1. The molecule has 74 heavy (non-hydrogen) atoms. The molecule has 17 heteroatoms. The maximum atomic E-state index is 13.3. The number of methoxy groups -OCH3 is 2. The van der Waals surface area contributed by atoms with Crippen LogP contribution in [0, 0.1) is 6.92 Å². The van der Waals surface area contributed by atoms with Crippen LogP contribution in [0.25, 0.3) is 32.7 Å². The zero-order chi connectivity index (χ0) is 52.4. The molecule has 1 amide bonds. The number of carbonyl (C=O) groups is 2. The summed E-state index contributed by atoms with van der Waals surface area (Å²) in [5.74, 6) is 2.95. The van der Waals surface area contributed by atoms with Gasteiger partial charge in [0.2, 0.25) is 0 Å². The highest BCUT2D eigenvalue weighted by Gasteiger charge is 2.32. The van der Waals surface area contributed by atoms with Crippen molar-refractivity contribution in [2.75, 3.05) is 60.3 Å². The Bertz CT molecular complexity index is 3270. The molecular formula is C57H65N5O12. The van der Waals surface area contributed by atoms with Gasteiger partial charge in [-0.15, -0.1) is 0 Å². The van der Waals surface area contributed by atoms with Crippen LogP contribution in [0.5, 0.6) is 23.0 Å². The van der Waals surface area contributed by atoms with Gasteiger partial charge in [-0.2, -0.15) is 0 Å². The van der Waals surface area contributed by atoms with Crippen LogP contribution < -0.4 is 35.6 Å².